The van der Waals surface area contributed by atoms with Crippen LogP contribution >= 0.6 is 0 Å². The van der Waals surface area contributed by atoms with E-state index in [0.717, 1.165) is 34.6 Å². The molecule has 3 heterocycles. The molecule has 9 nitrogen and oxygen atoms in total. The number of aliphatic hydroxyl groups excluding tert-OH is 1. The Morgan fingerprint density at radius 2 is 1.79 bits per heavy atom. The molecule has 0 saturated heterocycles. The van der Waals surface area contributed by atoms with Crippen LogP contribution in [0.5, 0.6) is 0 Å². The molecule has 2 aliphatic heterocycles. The lowest BCUT2D eigenvalue weighted by Crippen LogP contribution is -2.44. The highest BCUT2D eigenvalue weighted by Gasteiger charge is 2.52. The van der Waals surface area contributed by atoms with Crippen molar-refractivity contribution < 1.29 is 19.8 Å². The number of amides is 2. The summed E-state index contributed by atoms with van der Waals surface area (Å²) in [7, 11) is 0. The number of carbonyl (C=O) groups is 2. The molecule has 0 saturated carbocycles. The van der Waals surface area contributed by atoms with Gasteiger partial charge in [0.15, 0.2) is 5.60 Å². The highest BCUT2D eigenvalue weighted by atomic mass is 16.3. The van der Waals surface area contributed by atoms with Gasteiger partial charge in [0.25, 0.3) is 5.91 Å². The third-order valence-corrected chi connectivity index (χ3v) is 8.34. The molecule has 0 fully saturated rings. The van der Waals surface area contributed by atoms with Crippen LogP contribution in [0.25, 0.3) is 0 Å². The van der Waals surface area contributed by atoms with E-state index in [-0.39, 0.29) is 25.0 Å². The SMILES string of the molecule is C[C@@H](/C=C/CCn1cc(CCO)nn1)[C@]1(O)C(=O)N(Cc2cccc(N3C(=O)CCc4ccccc43)c2)c2ccccc21. The van der Waals surface area contributed by atoms with Gasteiger partial charge in [0.2, 0.25) is 5.91 Å². The second kappa shape index (κ2) is 11.9. The number of anilines is 3. The lowest BCUT2D eigenvalue weighted by Gasteiger charge is -2.30. The summed E-state index contributed by atoms with van der Waals surface area (Å²) >= 11 is 0. The first-order valence-corrected chi connectivity index (χ1v) is 14.7. The van der Waals surface area contributed by atoms with Crippen LogP contribution < -0.4 is 9.80 Å². The Balaban J connectivity index is 1.21. The van der Waals surface area contributed by atoms with Gasteiger partial charge in [-0.2, -0.15) is 0 Å². The first kappa shape index (κ1) is 28.5. The normalized spacial score (nSPS) is 18.8. The van der Waals surface area contributed by atoms with Gasteiger partial charge in [0, 0.05) is 49.4 Å². The summed E-state index contributed by atoms with van der Waals surface area (Å²) in [4.78, 5) is 30.4. The van der Waals surface area contributed by atoms with Crippen molar-refractivity contribution in [2.24, 2.45) is 5.92 Å². The average Bonchev–Trinajstić information content (AvgIpc) is 3.56. The first-order chi connectivity index (χ1) is 20.9. The molecule has 220 valence electrons. The van der Waals surface area contributed by atoms with Gasteiger partial charge in [-0.3, -0.25) is 19.2 Å². The van der Waals surface area contributed by atoms with Crippen molar-refractivity contribution >= 4 is 28.9 Å². The van der Waals surface area contributed by atoms with Crippen LogP contribution in [-0.4, -0.2) is 43.6 Å². The molecule has 2 aliphatic rings. The number of carbonyl (C=O) groups excluding carboxylic acids is 2. The van der Waals surface area contributed by atoms with Crippen LogP contribution in [0.1, 0.15) is 42.1 Å². The molecule has 2 N–H and O–H groups in total. The number of benzene rings is 3. The molecule has 0 aliphatic carbocycles. The Kier molecular flexibility index (Phi) is 7.92. The van der Waals surface area contributed by atoms with Gasteiger partial charge in [0.1, 0.15) is 0 Å². The minimum atomic E-state index is -1.71. The molecule has 3 aromatic carbocycles. The number of nitrogens with zero attached hydrogens (tertiary/aromatic N) is 5. The smallest absolute Gasteiger partial charge is 0.264 e. The van der Waals surface area contributed by atoms with Crippen molar-refractivity contribution in [1.82, 2.24) is 15.0 Å². The lowest BCUT2D eigenvalue weighted by molar-refractivity contribution is -0.139. The molecular weight excluding hydrogens is 542 g/mol. The van der Waals surface area contributed by atoms with Crippen molar-refractivity contribution in [1.29, 1.82) is 0 Å². The number of rotatable bonds is 10. The molecule has 43 heavy (non-hydrogen) atoms. The van der Waals surface area contributed by atoms with E-state index in [9.17, 15) is 14.7 Å². The van der Waals surface area contributed by atoms with E-state index in [1.54, 1.807) is 14.5 Å². The number of para-hydroxylation sites is 2. The highest BCUT2D eigenvalue weighted by molar-refractivity contribution is 6.07. The third-order valence-electron chi connectivity index (χ3n) is 8.34. The lowest BCUT2D eigenvalue weighted by atomic mass is 9.83. The first-order valence-electron chi connectivity index (χ1n) is 14.7. The van der Waals surface area contributed by atoms with Gasteiger partial charge in [-0.05, 0) is 48.2 Å². The van der Waals surface area contributed by atoms with E-state index >= 15 is 0 Å². The van der Waals surface area contributed by atoms with Crippen LogP contribution in [-0.2, 0) is 41.1 Å². The molecule has 0 spiro atoms. The molecule has 0 radical (unpaired) electrons. The van der Waals surface area contributed by atoms with Crippen LogP contribution in [0.4, 0.5) is 17.1 Å². The standard InChI is InChI=1S/C34H35N5O4/c1-24(9-6-7-19-37-23-27(18-20-40)35-36-37)34(43)29-13-3-5-15-31(29)38(33(34)42)22-25-10-8-12-28(21-25)39-30-14-4-2-11-26(30)16-17-32(39)41/h2-6,8-15,21,23-24,40,43H,7,16-20,22H2,1H3/b9-6+/t24-,34+/m0/s1. The summed E-state index contributed by atoms with van der Waals surface area (Å²) in [5, 5.41) is 29.2. The fraction of sp³-hybridized carbons (Fsp3) is 0.294. The number of aliphatic hydroxyl groups is 2. The van der Waals surface area contributed by atoms with Crippen LogP contribution in [0.2, 0.25) is 0 Å². The molecule has 2 amide bonds. The summed E-state index contributed by atoms with van der Waals surface area (Å²) < 4.78 is 1.72. The maximum absolute atomic E-state index is 14.0. The number of aryl methyl sites for hydroxylation is 2. The van der Waals surface area contributed by atoms with Gasteiger partial charge >= 0.3 is 0 Å². The van der Waals surface area contributed by atoms with Gasteiger partial charge in [-0.15, -0.1) is 5.10 Å². The van der Waals surface area contributed by atoms with E-state index in [1.807, 2.05) is 92.0 Å². The molecule has 2 atom stereocenters. The Hall–Kier alpha value is -4.60. The maximum Gasteiger partial charge on any atom is 0.264 e. The molecule has 0 unspecified atom stereocenters. The van der Waals surface area contributed by atoms with Gasteiger partial charge < -0.3 is 15.1 Å². The van der Waals surface area contributed by atoms with E-state index < -0.39 is 11.5 Å². The predicted octanol–water partition coefficient (Wildman–Crippen LogP) is 4.44. The fourth-order valence-corrected chi connectivity index (χ4v) is 6.07. The van der Waals surface area contributed by atoms with E-state index in [2.05, 4.69) is 16.4 Å². The van der Waals surface area contributed by atoms with Gasteiger partial charge in [-0.25, -0.2) is 0 Å². The van der Waals surface area contributed by atoms with Crippen LogP contribution in [0, 0.1) is 5.92 Å². The summed E-state index contributed by atoms with van der Waals surface area (Å²) in [5.74, 6) is -0.816. The topological polar surface area (TPSA) is 112 Å². The van der Waals surface area contributed by atoms with Gasteiger partial charge in [-0.1, -0.05) is 72.8 Å². The van der Waals surface area contributed by atoms with E-state index in [4.69, 9.17) is 5.11 Å². The Morgan fingerprint density at radius 3 is 2.63 bits per heavy atom. The fourth-order valence-electron chi connectivity index (χ4n) is 6.07. The zero-order chi connectivity index (χ0) is 30.0. The minimum absolute atomic E-state index is 0.0271. The molecule has 9 heteroatoms. The number of hydrogen-bond acceptors (Lipinski definition) is 6. The minimum Gasteiger partial charge on any atom is -0.396 e. The summed E-state index contributed by atoms with van der Waals surface area (Å²) in [6.07, 6.45) is 7.92. The Morgan fingerprint density at radius 1 is 1.00 bits per heavy atom. The summed E-state index contributed by atoms with van der Waals surface area (Å²) in [5.41, 5.74) is 3.93. The van der Waals surface area contributed by atoms with E-state index in [1.165, 1.54) is 0 Å². The van der Waals surface area contributed by atoms with Crippen molar-refractivity contribution in [3.05, 3.63) is 114 Å². The zero-order valence-electron chi connectivity index (χ0n) is 24.1. The number of fused-ring (bicyclic) bond motifs is 2. The summed E-state index contributed by atoms with van der Waals surface area (Å²) in [6, 6.07) is 23.0. The van der Waals surface area contributed by atoms with Crippen molar-refractivity contribution in [3.63, 3.8) is 0 Å². The second-order valence-corrected chi connectivity index (χ2v) is 11.2. The van der Waals surface area contributed by atoms with E-state index in [0.29, 0.717) is 37.1 Å². The molecular formula is C34H35N5O4. The van der Waals surface area contributed by atoms with Crippen molar-refractivity contribution in [3.8, 4) is 0 Å². The van der Waals surface area contributed by atoms with Crippen LogP contribution in [0.15, 0.2) is 91.1 Å². The van der Waals surface area contributed by atoms with Crippen molar-refractivity contribution in [2.45, 2.75) is 51.3 Å². The average molecular weight is 578 g/mol. The summed E-state index contributed by atoms with van der Waals surface area (Å²) in [6.45, 7) is 2.73. The number of hydrogen-bond donors (Lipinski definition) is 2. The molecule has 0 bridgehead atoms. The zero-order valence-corrected chi connectivity index (χ0v) is 24.1. The predicted molar refractivity (Wildman–Crippen MR) is 164 cm³/mol. The Labute approximate surface area is 250 Å². The third kappa shape index (κ3) is 5.37. The number of allylic oxidation sites excluding steroid dienone is 1. The van der Waals surface area contributed by atoms with Crippen LogP contribution in [0.3, 0.4) is 0 Å². The number of aromatic nitrogens is 3. The van der Waals surface area contributed by atoms with Crippen molar-refractivity contribution in [2.75, 3.05) is 16.4 Å². The molecule has 4 aromatic rings. The molecule has 1 aromatic heterocycles. The molecule has 6 rings (SSSR count). The highest BCUT2D eigenvalue weighted by Crippen LogP contribution is 2.46. The maximum atomic E-state index is 14.0. The van der Waals surface area contributed by atoms with Gasteiger partial charge in [0.05, 0.1) is 23.6 Å². The Bertz CT molecular complexity index is 1680. The quantitative estimate of drug-likeness (QED) is 0.270. The largest absolute Gasteiger partial charge is 0.396 e. The second-order valence-electron chi connectivity index (χ2n) is 11.2. The monoisotopic (exact) mass is 577 g/mol.